The molecule has 2 N–H and O–H groups in total. The highest BCUT2D eigenvalue weighted by atomic mass is 16.5. The van der Waals surface area contributed by atoms with Crippen LogP contribution in [0, 0.1) is 0 Å². The molecule has 0 aliphatic heterocycles. The minimum atomic E-state index is -0.377. The number of rotatable bonds is 4. The zero-order valence-electron chi connectivity index (χ0n) is 10.9. The maximum Gasteiger partial charge on any atom is 0.257 e. The first kappa shape index (κ1) is 13.5. The predicted octanol–water partition coefficient (Wildman–Crippen LogP) is 1.50. The van der Waals surface area contributed by atoms with Crippen molar-refractivity contribution in [1.82, 2.24) is 4.90 Å². The van der Waals surface area contributed by atoms with Crippen molar-refractivity contribution in [1.29, 1.82) is 0 Å². The number of nitrogens with two attached hydrogens (primary N) is 1. The monoisotopic (exact) mass is 236 g/mol. The Balaban J connectivity index is 3.04. The number of amides is 1. The first-order valence-electron chi connectivity index (χ1n) is 5.55. The molecule has 0 unspecified atom stereocenters. The number of hydrogen-bond acceptors (Lipinski definition) is 3. The maximum atomic E-state index is 12.3. The Labute approximate surface area is 102 Å². The van der Waals surface area contributed by atoms with Crippen LogP contribution in [0.3, 0.4) is 0 Å². The van der Waals surface area contributed by atoms with E-state index in [0.29, 0.717) is 17.9 Å². The Morgan fingerprint density at radius 1 is 1.41 bits per heavy atom. The van der Waals surface area contributed by atoms with Crippen LogP contribution >= 0.6 is 0 Å². The fraction of sp³-hybridized carbons (Fsp3) is 0.462. The highest BCUT2D eigenvalue weighted by Gasteiger charge is 2.28. The fourth-order valence-electron chi connectivity index (χ4n) is 1.41. The van der Waals surface area contributed by atoms with Crippen LogP contribution in [0.1, 0.15) is 24.2 Å². The topological polar surface area (TPSA) is 55.6 Å². The Morgan fingerprint density at radius 2 is 2.00 bits per heavy atom. The number of likely N-dealkylation sites (N-methyl/N-ethyl adjacent to an activating group) is 1. The van der Waals surface area contributed by atoms with Gasteiger partial charge in [0.1, 0.15) is 5.75 Å². The van der Waals surface area contributed by atoms with Crippen molar-refractivity contribution in [3.8, 4) is 5.75 Å². The predicted molar refractivity (Wildman–Crippen MR) is 68.2 cm³/mol. The van der Waals surface area contributed by atoms with Gasteiger partial charge in [-0.1, -0.05) is 12.1 Å². The molecule has 0 spiro atoms. The molecule has 0 aliphatic carbocycles. The molecule has 1 aromatic rings. The van der Waals surface area contributed by atoms with Crippen molar-refractivity contribution in [2.45, 2.75) is 19.4 Å². The third kappa shape index (κ3) is 2.77. The molecule has 0 bridgehead atoms. The largest absolute Gasteiger partial charge is 0.496 e. The molecule has 4 heteroatoms. The van der Waals surface area contributed by atoms with Gasteiger partial charge in [0.05, 0.1) is 12.7 Å². The minimum absolute atomic E-state index is 0.0853. The van der Waals surface area contributed by atoms with E-state index < -0.39 is 0 Å². The number of methoxy groups -OCH3 is 1. The molecule has 0 atom stereocenters. The van der Waals surface area contributed by atoms with Crippen LogP contribution < -0.4 is 10.5 Å². The zero-order chi connectivity index (χ0) is 13.1. The van der Waals surface area contributed by atoms with Gasteiger partial charge in [0.15, 0.2) is 0 Å². The Hall–Kier alpha value is -1.55. The van der Waals surface area contributed by atoms with Gasteiger partial charge >= 0.3 is 0 Å². The summed E-state index contributed by atoms with van der Waals surface area (Å²) in [6, 6.07) is 7.18. The van der Waals surface area contributed by atoms with Gasteiger partial charge in [0.25, 0.3) is 5.91 Å². The van der Waals surface area contributed by atoms with Crippen molar-refractivity contribution in [3.63, 3.8) is 0 Å². The van der Waals surface area contributed by atoms with Gasteiger partial charge in [0.2, 0.25) is 0 Å². The quantitative estimate of drug-likeness (QED) is 0.862. The third-order valence-corrected chi connectivity index (χ3v) is 3.05. The normalized spacial score (nSPS) is 11.1. The number of ether oxygens (including phenoxy) is 1. The standard InChI is InChI=1S/C13H20N2O2/c1-13(2,9-14)15(3)12(16)10-7-5-6-8-11(10)17-4/h5-8H,9,14H2,1-4H3. The summed E-state index contributed by atoms with van der Waals surface area (Å²) in [5, 5.41) is 0. The summed E-state index contributed by atoms with van der Waals surface area (Å²) in [7, 11) is 3.31. The molecular weight excluding hydrogens is 216 g/mol. The lowest BCUT2D eigenvalue weighted by atomic mass is 10.0. The van der Waals surface area contributed by atoms with E-state index in [1.54, 1.807) is 31.2 Å². The van der Waals surface area contributed by atoms with Crippen molar-refractivity contribution < 1.29 is 9.53 Å². The van der Waals surface area contributed by atoms with Gasteiger partial charge in [-0.25, -0.2) is 0 Å². The second kappa shape index (κ2) is 5.19. The van der Waals surface area contributed by atoms with E-state index in [0.717, 1.165) is 0 Å². The minimum Gasteiger partial charge on any atom is -0.496 e. The highest BCUT2D eigenvalue weighted by molar-refractivity contribution is 5.97. The van der Waals surface area contributed by atoms with Gasteiger partial charge in [-0.15, -0.1) is 0 Å². The highest BCUT2D eigenvalue weighted by Crippen LogP contribution is 2.22. The average molecular weight is 236 g/mol. The lowest BCUT2D eigenvalue weighted by Crippen LogP contribution is -2.50. The molecule has 0 aliphatic rings. The molecule has 0 saturated carbocycles. The fourth-order valence-corrected chi connectivity index (χ4v) is 1.41. The van der Waals surface area contributed by atoms with Gasteiger partial charge in [-0.3, -0.25) is 4.79 Å². The van der Waals surface area contributed by atoms with Crippen LogP contribution in [0.4, 0.5) is 0 Å². The van der Waals surface area contributed by atoms with Crippen LogP contribution in [0.2, 0.25) is 0 Å². The van der Waals surface area contributed by atoms with Crippen LogP contribution in [-0.4, -0.2) is 37.0 Å². The summed E-state index contributed by atoms with van der Waals surface area (Å²) in [5.74, 6) is 0.495. The second-order valence-corrected chi connectivity index (χ2v) is 4.58. The molecular formula is C13H20N2O2. The van der Waals surface area contributed by atoms with Crippen molar-refractivity contribution in [3.05, 3.63) is 29.8 Å². The molecule has 1 rings (SSSR count). The van der Waals surface area contributed by atoms with E-state index in [4.69, 9.17) is 10.5 Å². The molecule has 1 aromatic carbocycles. The van der Waals surface area contributed by atoms with E-state index in [1.165, 1.54) is 0 Å². The molecule has 0 radical (unpaired) electrons. The Morgan fingerprint density at radius 3 is 2.53 bits per heavy atom. The molecule has 1 amide bonds. The number of nitrogens with zero attached hydrogens (tertiary/aromatic N) is 1. The summed E-state index contributed by atoms with van der Waals surface area (Å²) in [6.45, 7) is 4.27. The molecule has 0 heterocycles. The van der Waals surface area contributed by atoms with E-state index in [2.05, 4.69) is 0 Å². The number of carbonyl (C=O) groups is 1. The Kier molecular flexibility index (Phi) is 4.12. The van der Waals surface area contributed by atoms with Crippen molar-refractivity contribution in [2.75, 3.05) is 20.7 Å². The van der Waals surface area contributed by atoms with Gasteiger partial charge in [-0.05, 0) is 26.0 Å². The van der Waals surface area contributed by atoms with E-state index in [1.807, 2.05) is 26.0 Å². The second-order valence-electron chi connectivity index (χ2n) is 4.58. The molecule has 0 fully saturated rings. The summed E-state index contributed by atoms with van der Waals surface area (Å²) in [4.78, 5) is 14.0. The van der Waals surface area contributed by atoms with Gasteiger partial charge in [-0.2, -0.15) is 0 Å². The van der Waals surface area contributed by atoms with E-state index >= 15 is 0 Å². The van der Waals surface area contributed by atoms with Gasteiger partial charge in [0, 0.05) is 19.1 Å². The zero-order valence-corrected chi connectivity index (χ0v) is 10.9. The lowest BCUT2D eigenvalue weighted by Gasteiger charge is -2.34. The van der Waals surface area contributed by atoms with E-state index in [9.17, 15) is 4.79 Å². The van der Waals surface area contributed by atoms with Crippen LogP contribution in [0.5, 0.6) is 5.75 Å². The van der Waals surface area contributed by atoms with Gasteiger partial charge < -0.3 is 15.4 Å². The first-order valence-corrected chi connectivity index (χ1v) is 5.55. The summed E-state index contributed by atoms with van der Waals surface area (Å²) >= 11 is 0. The lowest BCUT2D eigenvalue weighted by molar-refractivity contribution is 0.0637. The number of hydrogen-bond donors (Lipinski definition) is 1. The summed E-state index contributed by atoms with van der Waals surface area (Å²) in [5.41, 5.74) is 5.85. The molecule has 17 heavy (non-hydrogen) atoms. The summed E-state index contributed by atoms with van der Waals surface area (Å²) < 4.78 is 5.18. The maximum absolute atomic E-state index is 12.3. The summed E-state index contributed by atoms with van der Waals surface area (Å²) in [6.07, 6.45) is 0. The first-order chi connectivity index (χ1) is 7.94. The molecule has 94 valence electrons. The van der Waals surface area contributed by atoms with E-state index in [-0.39, 0.29) is 11.4 Å². The molecule has 4 nitrogen and oxygen atoms in total. The third-order valence-electron chi connectivity index (χ3n) is 3.05. The number of para-hydroxylation sites is 1. The van der Waals surface area contributed by atoms with Crippen LogP contribution in [-0.2, 0) is 0 Å². The average Bonchev–Trinajstić information content (AvgIpc) is 2.36. The Bertz CT molecular complexity index is 402. The smallest absolute Gasteiger partial charge is 0.257 e. The number of carbonyl (C=O) groups excluding carboxylic acids is 1. The van der Waals surface area contributed by atoms with Crippen molar-refractivity contribution in [2.24, 2.45) is 5.73 Å². The molecule has 0 saturated heterocycles. The number of benzene rings is 1. The van der Waals surface area contributed by atoms with Crippen molar-refractivity contribution >= 4 is 5.91 Å². The van der Waals surface area contributed by atoms with Crippen LogP contribution in [0.25, 0.3) is 0 Å². The van der Waals surface area contributed by atoms with Crippen LogP contribution in [0.15, 0.2) is 24.3 Å². The molecule has 0 aromatic heterocycles. The SMILES string of the molecule is COc1ccccc1C(=O)N(C)C(C)(C)CN.